The molecule has 1 saturated heterocycles. The van der Waals surface area contributed by atoms with Crippen LogP contribution in [0.2, 0.25) is 0 Å². The van der Waals surface area contributed by atoms with Gasteiger partial charge in [0, 0.05) is 43.5 Å². The number of aromatic nitrogens is 2. The number of allylic oxidation sites excluding steroid dienone is 1. The van der Waals surface area contributed by atoms with Gasteiger partial charge in [-0.2, -0.15) is 0 Å². The predicted molar refractivity (Wildman–Crippen MR) is 95.1 cm³/mol. The zero-order chi connectivity index (χ0) is 15.5. The van der Waals surface area contributed by atoms with Crippen molar-refractivity contribution in [3.63, 3.8) is 0 Å². The van der Waals surface area contributed by atoms with E-state index in [4.69, 9.17) is 5.73 Å². The van der Waals surface area contributed by atoms with Gasteiger partial charge in [-0.05, 0) is 36.6 Å². The second-order valence-electron chi connectivity index (χ2n) is 5.21. The third-order valence-corrected chi connectivity index (χ3v) is 5.71. The Labute approximate surface area is 139 Å². The minimum Gasteiger partial charge on any atom is -0.384 e. The van der Waals surface area contributed by atoms with Gasteiger partial charge in [0.25, 0.3) is 0 Å². The third kappa shape index (κ3) is 3.60. The molecule has 3 rings (SSSR count). The molecule has 1 aliphatic rings. The Kier molecular flexibility index (Phi) is 4.66. The number of hydrogen-bond donors (Lipinski definition) is 1. The highest BCUT2D eigenvalue weighted by Crippen LogP contribution is 2.29. The average molecular weight is 333 g/mol. The number of nitrogens with zero attached hydrogens (tertiary/aromatic N) is 4. The number of hydrogen-bond acceptors (Lipinski definition) is 7. The fourth-order valence-corrected chi connectivity index (χ4v) is 3.94. The Hall–Kier alpha value is -1.57. The lowest BCUT2D eigenvalue weighted by Gasteiger charge is -2.33. The van der Waals surface area contributed by atoms with E-state index in [9.17, 15) is 0 Å². The summed E-state index contributed by atoms with van der Waals surface area (Å²) in [5.41, 5.74) is 6.69. The van der Waals surface area contributed by atoms with E-state index < -0.39 is 0 Å². The number of rotatable bonds is 4. The molecular formula is C15H19N5S2. The lowest BCUT2D eigenvalue weighted by atomic mass is 10.3. The van der Waals surface area contributed by atoms with Crippen LogP contribution >= 0.6 is 23.3 Å². The molecule has 0 radical (unpaired) electrons. The minimum absolute atomic E-state index is 0.561. The highest BCUT2D eigenvalue weighted by molar-refractivity contribution is 7.97. The molecule has 0 atom stereocenters. The first-order chi connectivity index (χ1) is 10.6. The topological polar surface area (TPSA) is 58.3 Å². The summed E-state index contributed by atoms with van der Waals surface area (Å²) in [5, 5.41) is 1.09. The van der Waals surface area contributed by atoms with Gasteiger partial charge in [0.2, 0.25) is 0 Å². The maximum atomic E-state index is 5.61. The van der Waals surface area contributed by atoms with E-state index in [0.29, 0.717) is 5.82 Å². The largest absolute Gasteiger partial charge is 0.384 e. The van der Waals surface area contributed by atoms with Crippen LogP contribution in [0.1, 0.15) is 11.8 Å². The molecule has 0 aromatic carbocycles. The van der Waals surface area contributed by atoms with Crippen LogP contribution < -0.4 is 10.6 Å². The predicted octanol–water partition coefficient (Wildman–Crippen LogP) is 2.98. The van der Waals surface area contributed by atoms with Gasteiger partial charge in [-0.15, -0.1) is 0 Å². The second kappa shape index (κ2) is 6.68. The Morgan fingerprint density at radius 1 is 1.23 bits per heavy atom. The van der Waals surface area contributed by atoms with E-state index in [-0.39, 0.29) is 0 Å². The molecule has 1 aliphatic heterocycles. The maximum Gasteiger partial charge on any atom is 0.185 e. The SMILES string of the molecule is C=C(C)c1cnc(N2CCN(Sc3ccc(N)nc3)CC2)s1. The Morgan fingerprint density at radius 3 is 2.59 bits per heavy atom. The van der Waals surface area contributed by atoms with Crippen molar-refractivity contribution in [1.29, 1.82) is 0 Å². The van der Waals surface area contributed by atoms with E-state index >= 15 is 0 Å². The minimum atomic E-state index is 0.561. The van der Waals surface area contributed by atoms with Crippen molar-refractivity contribution >= 4 is 39.8 Å². The van der Waals surface area contributed by atoms with Crippen LogP contribution in [0.15, 0.2) is 36.0 Å². The van der Waals surface area contributed by atoms with Crippen LogP contribution in [0, 0.1) is 0 Å². The van der Waals surface area contributed by atoms with Crippen molar-refractivity contribution < 1.29 is 0 Å². The molecule has 1 fully saturated rings. The van der Waals surface area contributed by atoms with E-state index in [0.717, 1.165) is 41.8 Å². The summed E-state index contributed by atoms with van der Waals surface area (Å²) in [7, 11) is 0. The molecule has 7 heteroatoms. The van der Waals surface area contributed by atoms with Crippen LogP contribution in [-0.2, 0) is 0 Å². The summed E-state index contributed by atoms with van der Waals surface area (Å²) in [6.45, 7) is 9.96. The monoisotopic (exact) mass is 333 g/mol. The number of piperazine rings is 1. The van der Waals surface area contributed by atoms with Gasteiger partial charge in [0.1, 0.15) is 5.82 Å². The Balaban J connectivity index is 1.55. The summed E-state index contributed by atoms with van der Waals surface area (Å²) >= 11 is 3.46. The molecule has 0 unspecified atom stereocenters. The summed E-state index contributed by atoms with van der Waals surface area (Å²) in [4.78, 5) is 13.3. The van der Waals surface area contributed by atoms with Crippen LogP contribution in [0.4, 0.5) is 10.9 Å². The van der Waals surface area contributed by atoms with Crippen molar-refractivity contribution in [3.8, 4) is 0 Å². The quantitative estimate of drug-likeness (QED) is 0.868. The fraction of sp³-hybridized carbons (Fsp3) is 0.333. The zero-order valence-electron chi connectivity index (χ0n) is 12.5. The smallest absolute Gasteiger partial charge is 0.185 e. The summed E-state index contributed by atoms with van der Waals surface area (Å²) in [6, 6.07) is 3.85. The van der Waals surface area contributed by atoms with Crippen LogP contribution in [0.3, 0.4) is 0 Å². The van der Waals surface area contributed by atoms with Gasteiger partial charge in [0.15, 0.2) is 5.13 Å². The van der Waals surface area contributed by atoms with Crippen LogP contribution in [-0.4, -0.2) is 40.5 Å². The first-order valence-electron chi connectivity index (χ1n) is 7.13. The van der Waals surface area contributed by atoms with Crippen molar-refractivity contribution in [2.24, 2.45) is 0 Å². The molecule has 116 valence electrons. The van der Waals surface area contributed by atoms with Gasteiger partial charge < -0.3 is 10.6 Å². The summed E-state index contributed by atoms with van der Waals surface area (Å²) in [6.07, 6.45) is 3.75. The molecule has 3 heterocycles. The van der Waals surface area contributed by atoms with Crippen molar-refractivity contribution in [1.82, 2.24) is 14.3 Å². The normalized spacial score (nSPS) is 16.0. The van der Waals surface area contributed by atoms with Gasteiger partial charge in [-0.3, -0.25) is 0 Å². The maximum absolute atomic E-state index is 5.61. The van der Waals surface area contributed by atoms with Gasteiger partial charge >= 0.3 is 0 Å². The number of pyridine rings is 1. The first kappa shape index (κ1) is 15.3. The highest BCUT2D eigenvalue weighted by Gasteiger charge is 2.20. The van der Waals surface area contributed by atoms with Crippen LogP contribution in [0.25, 0.3) is 5.57 Å². The Bertz CT molecular complexity index is 644. The van der Waals surface area contributed by atoms with Crippen molar-refractivity contribution in [3.05, 3.63) is 36.0 Å². The van der Waals surface area contributed by atoms with Crippen molar-refractivity contribution in [2.75, 3.05) is 36.8 Å². The lowest BCUT2D eigenvalue weighted by Crippen LogP contribution is -2.43. The molecule has 0 bridgehead atoms. The standard InChI is InChI=1S/C15H19N5S2/c1-11(2)13-10-18-15(21-13)19-5-7-20(8-6-19)22-12-3-4-14(16)17-9-12/h3-4,9-10H,1,5-8H2,2H3,(H2,16,17). The Morgan fingerprint density at radius 2 is 2.00 bits per heavy atom. The summed E-state index contributed by atoms with van der Waals surface area (Å²) < 4.78 is 2.36. The van der Waals surface area contributed by atoms with Crippen LogP contribution in [0.5, 0.6) is 0 Å². The van der Waals surface area contributed by atoms with E-state index in [1.807, 2.05) is 31.5 Å². The molecule has 0 amide bonds. The van der Waals surface area contributed by atoms with Gasteiger partial charge in [-0.1, -0.05) is 17.9 Å². The average Bonchev–Trinajstić information content (AvgIpc) is 3.00. The molecule has 0 spiro atoms. The van der Waals surface area contributed by atoms with E-state index in [2.05, 4.69) is 25.8 Å². The number of anilines is 2. The number of nitrogen functional groups attached to an aromatic ring is 1. The molecule has 0 saturated carbocycles. The molecule has 5 nitrogen and oxygen atoms in total. The van der Waals surface area contributed by atoms with E-state index in [1.165, 1.54) is 4.88 Å². The lowest BCUT2D eigenvalue weighted by molar-refractivity contribution is 0.429. The highest BCUT2D eigenvalue weighted by atomic mass is 32.2. The molecular weight excluding hydrogens is 314 g/mol. The summed E-state index contributed by atoms with van der Waals surface area (Å²) in [5.74, 6) is 0.561. The second-order valence-corrected chi connectivity index (χ2v) is 7.39. The zero-order valence-corrected chi connectivity index (χ0v) is 14.2. The molecule has 0 aliphatic carbocycles. The van der Waals surface area contributed by atoms with Gasteiger partial charge in [-0.25, -0.2) is 14.3 Å². The number of nitrogens with two attached hydrogens (primary N) is 1. The van der Waals surface area contributed by atoms with Crippen molar-refractivity contribution in [2.45, 2.75) is 11.8 Å². The van der Waals surface area contributed by atoms with Gasteiger partial charge in [0.05, 0.1) is 4.88 Å². The first-order valence-corrected chi connectivity index (χ1v) is 8.72. The molecule has 2 N–H and O–H groups in total. The molecule has 22 heavy (non-hydrogen) atoms. The molecule has 2 aromatic rings. The molecule has 2 aromatic heterocycles. The third-order valence-electron chi connectivity index (χ3n) is 3.42. The fourth-order valence-electron chi connectivity index (χ4n) is 2.17. The number of thiazole rings is 1. The van der Waals surface area contributed by atoms with E-state index in [1.54, 1.807) is 23.3 Å².